The minimum atomic E-state index is -0.774. The van der Waals surface area contributed by atoms with Gasteiger partial charge in [-0.15, -0.1) is 0 Å². The molecule has 9 heteroatoms. The summed E-state index contributed by atoms with van der Waals surface area (Å²) in [5.41, 5.74) is 1.61. The zero-order valence-electron chi connectivity index (χ0n) is 16.9. The molecule has 166 valence electrons. The topological polar surface area (TPSA) is 78.5 Å². The number of hydrogen-bond acceptors (Lipinski definition) is 4. The largest absolute Gasteiger partial charge is 0.350 e. The summed E-state index contributed by atoms with van der Waals surface area (Å²) < 4.78 is 13.5. The second-order valence-electron chi connectivity index (χ2n) is 7.11. The third-order valence-corrected chi connectivity index (χ3v) is 5.52. The Hall–Kier alpha value is -3.68. The van der Waals surface area contributed by atoms with Gasteiger partial charge >= 0.3 is 0 Å². The molecule has 0 saturated heterocycles. The van der Waals surface area contributed by atoms with E-state index in [2.05, 4.69) is 10.6 Å². The number of anilines is 2. The van der Waals surface area contributed by atoms with Crippen LogP contribution < -0.4 is 15.5 Å². The van der Waals surface area contributed by atoms with Crippen LogP contribution in [0.15, 0.2) is 83.5 Å². The molecule has 0 spiro atoms. The first-order chi connectivity index (χ1) is 15.8. The number of imide groups is 1. The summed E-state index contributed by atoms with van der Waals surface area (Å²) in [6, 6.07) is 19.3. The van der Waals surface area contributed by atoms with E-state index >= 15 is 0 Å². The van der Waals surface area contributed by atoms with Gasteiger partial charge in [0.2, 0.25) is 0 Å². The number of halogens is 3. The van der Waals surface area contributed by atoms with Gasteiger partial charge in [0.25, 0.3) is 17.7 Å². The molecule has 6 nitrogen and oxygen atoms in total. The minimum Gasteiger partial charge on any atom is -0.350 e. The summed E-state index contributed by atoms with van der Waals surface area (Å²) in [7, 11) is 0. The van der Waals surface area contributed by atoms with Gasteiger partial charge in [0.1, 0.15) is 16.5 Å². The second-order valence-corrected chi connectivity index (χ2v) is 7.89. The molecule has 1 aliphatic rings. The average Bonchev–Trinajstić information content (AvgIpc) is 3.03. The van der Waals surface area contributed by atoms with Crippen molar-refractivity contribution in [2.24, 2.45) is 0 Å². The third-order valence-electron chi connectivity index (χ3n) is 4.88. The van der Waals surface area contributed by atoms with Crippen LogP contribution in [0.4, 0.5) is 15.8 Å². The van der Waals surface area contributed by atoms with Crippen molar-refractivity contribution in [3.63, 3.8) is 0 Å². The van der Waals surface area contributed by atoms with Crippen molar-refractivity contribution in [2.75, 3.05) is 10.2 Å². The first-order valence-electron chi connectivity index (χ1n) is 9.78. The Morgan fingerprint density at radius 2 is 1.67 bits per heavy atom. The van der Waals surface area contributed by atoms with Crippen LogP contribution in [0.1, 0.15) is 15.9 Å². The molecular weight excluding hydrogens is 468 g/mol. The molecule has 3 amide bonds. The first-order valence-corrected chi connectivity index (χ1v) is 10.5. The molecular formula is C24H16Cl2FN3O3. The quantitative estimate of drug-likeness (QED) is 0.491. The number of nitrogens with one attached hydrogen (secondary N) is 2. The number of amides is 3. The monoisotopic (exact) mass is 483 g/mol. The zero-order chi connectivity index (χ0) is 23.5. The number of hydrogen-bond donors (Lipinski definition) is 2. The van der Waals surface area contributed by atoms with E-state index in [0.717, 1.165) is 22.6 Å². The van der Waals surface area contributed by atoms with E-state index in [4.69, 9.17) is 23.2 Å². The molecule has 1 heterocycles. The fourth-order valence-corrected chi connectivity index (χ4v) is 3.62. The maximum atomic E-state index is 13.5. The minimum absolute atomic E-state index is 0.0837. The zero-order valence-corrected chi connectivity index (χ0v) is 18.5. The Kier molecular flexibility index (Phi) is 6.44. The molecule has 0 aliphatic carbocycles. The average molecular weight is 484 g/mol. The van der Waals surface area contributed by atoms with Crippen molar-refractivity contribution in [1.29, 1.82) is 0 Å². The highest BCUT2D eigenvalue weighted by atomic mass is 35.5. The van der Waals surface area contributed by atoms with Gasteiger partial charge in [0, 0.05) is 17.8 Å². The fraction of sp³-hybridized carbons (Fsp3) is 0.0417. The van der Waals surface area contributed by atoms with E-state index in [1.165, 1.54) is 12.1 Å². The lowest BCUT2D eigenvalue weighted by atomic mass is 10.1. The molecule has 3 aromatic carbocycles. The maximum absolute atomic E-state index is 13.5. The van der Waals surface area contributed by atoms with Crippen molar-refractivity contribution in [2.45, 2.75) is 6.54 Å². The Bertz CT molecular complexity index is 1300. The van der Waals surface area contributed by atoms with Gasteiger partial charge < -0.3 is 10.6 Å². The summed E-state index contributed by atoms with van der Waals surface area (Å²) >= 11 is 11.9. The van der Waals surface area contributed by atoms with Crippen LogP contribution in [-0.2, 0) is 16.1 Å². The summed E-state index contributed by atoms with van der Waals surface area (Å²) in [5, 5.41) is 5.07. The van der Waals surface area contributed by atoms with E-state index < -0.39 is 17.6 Å². The number of benzene rings is 3. The number of carbonyl (C=O) groups excluding carboxylic acids is 3. The number of nitrogens with zero attached hydrogens (tertiary/aromatic N) is 1. The molecule has 4 rings (SSSR count). The highest BCUT2D eigenvalue weighted by Crippen LogP contribution is 2.32. The lowest BCUT2D eigenvalue weighted by molar-refractivity contribution is -0.120. The lowest BCUT2D eigenvalue weighted by Crippen LogP contribution is -2.32. The summed E-state index contributed by atoms with van der Waals surface area (Å²) in [5.74, 6) is -2.49. The van der Waals surface area contributed by atoms with Crippen LogP contribution in [0.5, 0.6) is 0 Å². The lowest BCUT2D eigenvalue weighted by Gasteiger charge is -2.15. The van der Waals surface area contributed by atoms with E-state index in [1.807, 2.05) is 30.3 Å². The highest BCUT2D eigenvalue weighted by Gasteiger charge is 2.39. The van der Waals surface area contributed by atoms with Crippen LogP contribution in [-0.4, -0.2) is 17.7 Å². The van der Waals surface area contributed by atoms with E-state index in [0.29, 0.717) is 17.8 Å². The first kappa shape index (κ1) is 22.5. The predicted molar refractivity (Wildman–Crippen MR) is 124 cm³/mol. The highest BCUT2D eigenvalue weighted by molar-refractivity contribution is 6.53. The number of rotatable bonds is 6. The van der Waals surface area contributed by atoms with Crippen molar-refractivity contribution >= 4 is 52.3 Å². The van der Waals surface area contributed by atoms with Gasteiger partial charge in [-0.2, -0.15) is 0 Å². The molecule has 0 atom stereocenters. The van der Waals surface area contributed by atoms with Crippen molar-refractivity contribution in [1.82, 2.24) is 5.32 Å². The second kappa shape index (κ2) is 9.44. The Morgan fingerprint density at radius 3 is 2.39 bits per heavy atom. The molecule has 3 aromatic rings. The van der Waals surface area contributed by atoms with Gasteiger partial charge in [-0.1, -0.05) is 59.6 Å². The van der Waals surface area contributed by atoms with Gasteiger partial charge in [-0.25, -0.2) is 9.29 Å². The van der Waals surface area contributed by atoms with Crippen molar-refractivity contribution < 1.29 is 18.8 Å². The molecule has 0 saturated carbocycles. The summed E-state index contributed by atoms with van der Waals surface area (Å²) in [4.78, 5) is 38.8. The molecule has 0 aromatic heterocycles. The summed E-state index contributed by atoms with van der Waals surface area (Å²) in [6.45, 7) is 0.358. The Balaban J connectivity index is 1.50. The molecule has 0 bridgehead atoms. The van der Waals surface area contributed by atoms with E-state index in [1.54, 1.807) is 18.2 Å². The number of carbonyl (C=O) groups is 3. The van der Waals surface area contributed by atoms with Crippen LogP contribution in [0.2, 0.25) is 5.02 Å². The van der Waals surface area contributed by atoms with Gasteiger partial charge in [-0.3, -0.25) is 14.4 Å². The van der Waals surface area contributed by atoms with Crippen LogP contribution in [0, 0.1) is 5.82 Å². The fourth-order valence-electron chi connectivity index (χ4n) is 3.23. The van der Waals surface area contributed by atoms with Gasteiger partial charge in [0.15, 0.2) is 0 Å². The normalized spacial score (nSPS) is 13.5. The van der Waals surface area contributed by atoms with Crippen LogP contribution in [0.25, 0.3) is 0 Å². The predicted octanol–water partition coefficient (Wildman–Crippen LogP) is 4.84. The van der Waals surface area contributed by atoms with Crippen LogP contribution >= 0.6 is 23.2 Å². The molecule has 2 N–H and O–H groups in total. The Labute approximate surface area is 198 Å². The third kappa shape index (κ3) is 4.74. The summed E-state index contributed by atoms with van der Waals surface area (Å²) in [6.07, 6.45) is 0. The van der Waals surface area contributed by atoms with Crippen LogP contribution in [0.3, 0.4) is 0 Å². The standard InChI is InChI=1S/C24H16Cl2FN3O3/c25-18-12-17(9-10-19(18)27)30-23(32)20(26)21(24(30)33)29-16-8-4-7-15(11-16)22(31)28-13-14-5-2-1-3-6-14/h1-12,29H,13H2,(H,28,31). The van der Waals surface area contributed by atoms with Gasteiger partial charge in [0.05, 0.1) is 10.7 Å². The Morgan fingerprint density at radius 1 is 0.909 bits per heavy atom. The van der Waals surface area contributed by atoms with Crippen molar-refractivity contribution in [3.05, 3.63) is 105 Å². The molecule has 0 fully saturated rings. The SMILES string of the molecule is O=C(NCc1ccccc1)c1cccc(NC2=C(Cl)C(=O)N(c3ccc(F)c(Cl)c3)C2=O)c1. The molecule has 0 radical (unpaired) electrons. The molecule has 33 heavy (non-hydrogen) atoms. The van der Waals surface area contributed by atoms with E-state index in [-0.39, 0.29) is 27.3 Å². The van der Waals surface area contributed by atoms with Gasteiger partial charge in [-0.05, 0) is 42.0 Å². The smallest absolute Gasteiger partial charge is 0.283 e. The molecule has 0 unspecified atom stereocenters. The van der Waals surface area contributed by atoms with Crippen molar-refractivity contribution in [3.8, 4) is 0 Å². The van der Waals surface area contributed by atoms with E-state index in [9.17, 15) is 18.8 Å². The molecule has 1 aliphatic heterocycles. The maximum Gasteiger partial charge on any atom is 0.283 e.